The van der Waals surface area contributed by atoms with E-state index in [9.17, 15) is 22.4 Å². The van der Waals surface area contributed by atoms with Crippen LogP contribution in [0.4, 0.5) is 4.39 Å². The summed E-state index contributed by atoms with van der Waals surface area (Å²) in [6.07, 6.45) is -0.796. The molecule has 2 atom stereocenters. The zero-order valence-corrected chi connectivity index (χ0v) is 14.5. The number of halogens is 1. The molecule has 1 aromatic carbocycles. The molecule has 1 aliphatic rings. The van der Waals surface area contributed by atoms with Crippen molar-refractivity contribution in [3.8, 4) is 5.75 Å². The van der Waals surface area contributed by atoms with E-state index in [1.807, 2.05) is 0 Å². The van der Waals surface area contributed by atoms with Crippen LogP contribution in [0.1, 0.15) is 6.42 Å². The van der Waals surface area contributed by atoms with Gasteiger partial charge < -0.3 is 14.2 Å². The number of hydrogen-bond acceptors (Lipinski definition) is 7. The number of nitrogens with zero attached hydrogens (tertiary/aromatic N) is 1. The number of methoxy groups -OCH3 is 2. The van der Waals surface area contributed by atoms with Gasteiger partial charge in [-0.05, 0) is 12.1 Å². The van der Waals surface area contributed by atoms with Crippen molar-refractivity contribution in [1.82, 2.24) is 4.31 Å². The minimum atomic E-state index is -4.13. The van der Waals surface area contributed by atoms with Crippen LogP contribution in [-0.4, -0.2) is 63.3 Å². The number of carbonyl (C=O) groups excluding carboxylic acids is 2. The van der Waals surface area contributed by atoms with Gasteiger partial charge in [-0.2, -0.15) is 4.31 Å². The number of benzene rings is 1. The van der Waals surface area contributed by atoms with E-state index in [-0.39, 0.29) is 18.7 Å². The molecule has 0 N–H and O–H groups in total. The Labute approximate surface area is 144 Å². The number of carbonyl (C=O) groups is 2. The molecule has 0 aromatic heterocycles. The van der Waals surface area contributed by atoms with Crippen molar-refractivity contribution in [3.63, 3.8) is 0 Å². The largest absolute Gasteiger partial charge is 0.486 e. The Kier molecular flexibility index (Phi) is 5.96. The fourth-order valence-corrected chi connectivity index (χ4v) is 4.06. The first-order valence-corrected chi connectivity index (χ1v) is 8.94. The molecule has 0 unspecified atom stereocenters. The standard InChI is InChI=1S/C15H18FNO7S/c1-22-14(18)9-25(20,21)17-8-10(7-12(17)15(19)23-2)24-13-6-4-3-5-11(13)16/h3-6,10,12H,7-9H2,1-2H3/t10-,12-/m0/s1. The van der Waals surface area contributed by atoms with Crippen LogP contribution in [0, 0.1) is 5.82 Å². The topological polar surface area (TPSA) is 99.2 Å². The molecule has 0 spiro atoms. The van der Waals surface area contributed by atoms with Gasteiger partial charge >= 0.3 is 11.9 Å². The van der Waals surface area contributed by atoms with Gasteiger partial charge in [0.05, 0.1) is 20.8 Å². The molecule has 1 saturated heterocycles. The Balaban J connectivity index is 2.21. The monoisotopic (exact) mass is 375 g/mol. The van der Waals surface area contributed by atoms with Gasteiger partial charge in [0, 0.05) is 6.42 Å². The minimum Gasteiger partial charge on any atom is -0.486 e. The lowest BCUT2D eigenvalue weighted by atomic mass is 10.2. The van der Waals surface area contributed by atoms with Gasteiger partial charge in [0.15, 0.2) is 17.3 Å². The van der Waals surface area contributed by atoms with E-state index in [2.05, 4.69) is 9.47 Å². The van der Waals surface area contributed by atoms with E-state index in [1.165, 1.54) is 18.2 Å². The third-order valence-electron chi connectivity index (χ3n) is 3.71. The number of ether oxygens (including phenoxy) is 3. The predicted molar refractivity (Wildman–Crippen MR) is 83.7 cm³/mol. The Bertz CT molecular complexity index is 752. The maximum Gasteiger partial charge on any atom is 0.324 e. The molecule has 0 saturated carbocycles. The summed E-state index contributed by atoms with van der Waals surface area (Å²) >= 11 is 0. The van der Waals surface area contributed by atoms with E-state index >= 15 is 0 Å². The summed E-state index contributed by atoms with van der Waals surface area (Å²) in [7, 11) is -1.94. The molecule has 2 rings (SSSR count). The zero-order chi connectivity index (χ0) is 18.6. The summed E-state index contributed by atoms with van der Waals surface area (Å²) in [5.74, 6) is -3.31. The van der Waals surface area contributed by atoms with E-state index in [0.717, 1.165) is 18.5 Å². The Hall–Kier alpha value is -2.20. The first-order valence-electron chi connectivity index (χ1n) is 7.34. The maximum absolute atomic E-state index is 13.7. The average molecular weight is 375 g/mol. The van der Waals surface area contributed by atoms with Gasteiger partial charge in [-0.15, -0.1) is 0 Å². The minimum absolute atomic E-state index is 0.0264. The first kappa shape index (κ1) is 19.1. The number of hydrogen-bond donors (Lipinski definition) is 0. The maximum atomic E-state index is 13.7. The van der Waals surface area contributed by atoms with Gasteiger partial charge in [0.1, 0.15) is 12.1 Å². The van der Waals surface area contributed by atoms with E-state index in [0.29, 0.717) is 0 Å². The molecule has 0 radical (unpaired) electrons. The normalized spacial score (nSPS) is 20.9. The van der Waals surface area contributed by atoms with Crippen molar-refractivity contribution >= 4 is 22.0 Å². The number of para-hydroxylation sites is 1. The molecule has 1 aliphatic heterocycles. The Morgan fingerprint density at radius 3 is 2.52 bits per heavy atom. The third-order valence-corrected chi connectivity index (χ3v) is 5.42. The molecule has 138 valence electrons. The quantitative estimate of drug-likeness (QED) is 0.661. The second-order valence-electron chi connectivity index (χ2n) is 5.35. The molecule has 1 aromatic rings. The van der Waals surface area contributed by atoms with Crippen molar-refractivity contribution in [3.05, 3.63) is 30.1 Å². The molecule has 0 aliphatic carbocycles. The van der Waals surface area contributed by atoms with Crippen molar-refractivity contribution in [1.29, 1.82) is 0 Å². The first-order chi connectivity index (χ1) is 11.8. The summed E-state index contributed by atoms with van der Waals surface area (Å²) in [4.78, 5) is 23.2. The third kappa shape index (κ3) is 4.45. The molecule has 1 heterocycles. The fraction of sp³-hybridized carbons (Fsp3) is 0.467. The van der Waals surface area contributed by atoms with Gasteiger partial charge in [-0.25, -0.2) is 12.8 Å². The SMILES string of the molecule is COC(=O)CS(=O)(=O)N1C[C@@H](Oc2ccccc2F)C[C@H]1C(=O)OC. The van der Waals surface area contributed by atoms with Crippen molar-refractivity contribution < 1.29 is 36.6 Å². The lowest BCUT2D eigenvalue weighted by molar-refractivity contribution is -0.144. The number of rotatable bonds is 6. The lowest BCUT2D eigenvalue weighted by Crippen LogP contribution is -2.43. The number of esters is 2. The van der Waals surface area contributed by atoms with Gasteiger partial charge in [0.25, 0.3) is 0 Å². The van der Waals surface area contributed by atoms with Crippen LogP contribution in [0.15, 0.2) is 24.3 Å². The van der Waals surface area contributed by atoms with Crippen LogP contribution >= 0.6 is 0 Å². The van der Waals surface area contributed by atoms with Crippen LogP contribution in [0.3, 0.4) is 0 Å². The Morgan fingerprint density at radius 1 is 1.24 bits per heavy atom. The van der Waals surface area contributed by atoms with Crippen LogP contribution in [0.2, 0.25) is 0 Å². The zero-order valence-electron chi connectivity index (χ0n) is 13.7. The molecule has 0 bridgehead atoms. The van der Waals surface area contributed by atoms with Crippen LogP contribution in [0.5, 0.6) is 5.75 Å². The molecule has 8 nitrogen and oxygen atoms in total. The van der Waals surface area contributed by atoms with Crippen molar-refractivity contribution in [2.45, 2.75) is 18.6 Å². The van der Waals surface area contributed by atoms with Crippen LogP contribution in [-0.2, 0) is 29.1 Å². The summed E-state index contributed by atoms with van der Waals surface area (Å²) in [6.45, 7) is -0.215. The summed E-state index contributed by atoms with van der Waals surface area (Å²) in [5, 5.41) is 0. The van der Waals surface area contributed by atoms with Crippen molar-refractivity contribution in [2.75, 3.05) is 26.5 Å². The highest BCUT2D eigenvalue weighted by atomic mass is 32.2. The summed E-state index contributed by atoms with van der Waals surface area (Å²) in [5.41, 5.74) is 0. The fourth-order valence-electron chi connectivity index (χ4n) is 2.52. The van der Waals surface area contributed by atoms with Crippen molar-refractivity contribution in [2.24, 2.45) is 0 Å². The number of sulfonamides is 1. The summed E-state index contributed by atoms with van der Waals surface area (Å²) < 4.78 is 53.8. The van der Waals surface area contributed by atoms with E-state index in [1.54, 1.807) is 6.07 Å². The highest BCUT2D eigenvalue weighted by Crippen LogP contribution is 2.27. The van der Waals surface area contributed by atoms with Crippen LogP contribution in [0.25, 0.3) is 0 Å². The van der Waals surface area contributed by atoms with Gasteiger partial charge in [0.2, 0.25) is 10.0 Å². The highest BCUT2D eigenvalue weighted by Gasteiger charge is 2.45. The lowest BCUT2D eigenvalue weighted by Gasteiger charge is -2.21. The molecular weight excluding hydrogens is 357 g/mol. The van der Waals surface area contributed by atoms with E-state index < -0.39 is 45.7 Å². The molecular formula is C15H18FNO7S. The molecule has 10 heteroatoms. The second kappa shape index (κ2) is 7.79. The summed E-state index contributed by atoms with van der Waals surface area (Å²) in [6, 6.07) is 4.50. The van der Waals surface area contributed by atoms with E-state index in [4.69, 9.17) is 4.74 Å². The highest BCUT2D eigenvalue weighted by molar-refractivity contribution is 7.89. The van der Waals surface area contributed by atoms with Gasteiger partial charge in [-0.1, -0.05) is 12.1 Å². The molecule has 25 heavy (non-hydrogen) atoms. The van der Waals surface area contributed by atoms with Crippen LogP contribution < -0.4 is 4.74 Å². The Morgan fingerprint density at radius 2 is 1.92 bits per heavy atom. The molecule has 0 amide bonds. The second-order valence-corrected chi connectivity index (χ2v) is 7.27. The average Bonchev–Trinajstić information content (AvgIpc) is 3.00. The smallest absolute Gasteiger partial charge is 0.324 e. The molecule has 1 fully saturated rings. The van der Waals surface area contributed by atoms with Gasteiger partial charge in [-0.3, -0.25) is 9.59 Å². The predicted octanol–water partition coefficient (Wildman–Crippen LogP) is 0.323.